The third-order valence-corrected chi connectivity index (χ3v) is 7.32. The van der Waals surface area contributed by atoms with Crippen LogP contribution < -0.4 is 14.4 Å². The van der Waals surface area contributed by atoms with E-state index in [0.29, 0.717) is 28.7 Å². The van der Waals surface area contributed by atoms with Crippen molar-refractivity contribution in [2.45, 2.75) is 32.7 Å². The number of carbonyl (C=O) groups is 2. The van der Waals surface area contributed by atoms with Crippen LogP contribution in [0.3, 0.4) is 0 Å². The number of benzene rings is 3. The number of aliphatic hydroxyl groups excluding tert-OH is 1. The average Bonchev–Trinajstić information content (AvgIpc) is 3.42. The Morgan fingerprint density at radius 2 is 1.71 bits per heavy atom. The number of Topliss-reactive ketones (excluding diaryl/α,β-unsaturated/α-hetero) is 1. The second-order valence-corrected chi connectivity index (χ2v) is 9.85. The second kappa shape index (κ2) is 8.89. The van der Waals surface area contributed by atoms with Gasteiger partial charge in [0.2, 0.25) is 6.79 Å². The van der Waals surface area contributed by atoms with Gasteiger partial charge in [-0.2, -0.15) is 0 Å². The summed E-state index contributed by atoms with van der Waals surface area (Å²) in [7, 11) is 0. The molecule has 178 valence electrons. The van der Waals surface area contributed by atoms with E-state index in [9.17, 15) is 14.7 Å². The zero-order chi connectivity index (χ0) is 24.9. The van der Waals surface area contributed by atoms with Crippen molar-refractivity contribution >= 4 is 39.1 Å². The number of anilines is 1. The first-order valence-corrected chi connectivity index (χ1v) is 12.1. The number of carbonyl (C=O) groups excluding carboxylic acids is 2. The number of halogens is 1. The van der Waals surface area contributed by atoms with E-state index < -0.39 is 17.7 Å². The third-order valence-electron chi connectivity index (χ3n) is 6.43. The van der Waals surface area contributed by atoms with Gasteiger partial charge in [-0.1, -0.05) is 60.1 Å². The molecule has 2 aliphatic heterocycles. The Balaban J connectivity index is 1.70. The van der Waals surface area contributed by atoms with Gasteiger partial charge in [0.05, 0.1) is 11.6 Å². The molecule has 0 saturated carbocycles. The number of hydrogen-bond donors (Lipinski definition) is 1. The molecule has 0 radical (unpaired) electrons. The molecular formula is C28H24BrNO5. The lowest BCUT2D eigenvalue weighted by atomic mass is 9.93. The molecule has 1 unspecified atom stereocenters. The van der Waals surface area contributed by atoms with Gasteiger partial charge in [-0.25, -0.2) is 0 Å². The molecule has 7 heteroatoms. The summed E-state index contributed by atoms with van der Waals surface area (Å²) in [6.07, 6.45) is 0. The monoisotopic (exact) mass is 533 g/mol. The van der Waals surface area contributed by atoms with Crippen LogP contribution in [0.5, 0.6) is 11.5 Å². The molecule has 5 rings (SSSR count). The summed E-state index contributed by atoms with van der Waals surface area (Å²) < 4.78 is 11.8. The Labute approximate surface area is 211 Å². The van der Waals surface area contributed by atoms with Crippen molar-refractivity contribution in [1.29, 1.82) is 0 Å². The summed E-state index contributed by atoms with van der Waals surface area (Å²) in [6.45, 7) is 6.20. The number of aliphatic hydroxyl groups is 1. The Hall–Kier alpha value is -3.58. The van der Waals surface area contributed by atoms with Gasteiger partial charge in [-0.15, -0.1) is 0 Å². The number of amides is 1. The van der Waals surface area contributed by atoms with E-state index in [1.54, 1.807) is 30.3 Å². The lowest BCUT2D eigenvalue weighted by Crippen LogP contribution is -2.29. The van der Waals surface area contributed by atoms with Crippen molar-refractivity contribution in [1.82, 2.24) is 0 Å². The molecule has 0 aliphatic carbocycles. The highest BCUT2D eigenvalue weighted by Gasteiger charge is 2.47. The number of ketones is 1. The minimum Gasteiger partial charge on any atom is -0.507 e. The highest BCUT2D eigenvalue weighted by Crippen LogP contribution is 2.45. The van der Waals surface area contributed by atoms with Crippen molar-refractivity contribution in [3.63, 3.8) is 0 Å². The molecule has 0 aromatic heterocycles. The highest BCUT2D eigenvalue weighted by atomic mass is 79.9. The molecule has 6 nitrogen and oxygen atoms in total. The van der Waals surface area contributed by atoms with Crippen LogP contribution in [0.15, 0.2) is 70.7 Å². The van der Waals surface area contributed by atoms with Crippen LogP contribution in [-0.2, 0) is 9.59 Å². The first kappa shape index (κ1) is 23.2. The lowest BCUT2D eigenvalue weighted by Gasteiger charge is -2.26. The summed E-state index contributed by atoms with van der Waals surface area (Å²) in [4.78, 5) is 28.2. The summed E-state index contributed by atoms with van der Waals surface area (Å²) in [5, 5.41) is 11.3. The summed E-state index contributed by atoms with van der Waals surface area (Å²) >= 11 is 3.47. The van der Waals surface area contributed by atoms with E-state index in [4.69, 9.17) is 9.47 Å². The van der Waals surface area contributed by atoms with Crippen molar-refractivity contribution in [3.8, 4) is 11.5 Å². The van der Waals surface area contributed by atoms with Gasteiger partial charge in [-0.3, -0.25) is 14.5 Å². The molecule has 0 spiro atoms. The molecule has 3 aromatic rings. The zero-order valence-electron chi connectivity index (χ0n) is 19.5. The number of ether oxygens (including phenoxy) is 2. The van der Waals surface area contributed by atoms with E-state index in [2.05, 4.69) is 29.8 Å². The number of hydrogen-bond acceptors (Lipinski definition) is 5. The van der Waals surface area contributed by atoms with Crippen molar-refractivity contribution < 1.29 is 24.2 Å². The molecule has 1 saturated heterocycles. The fraction of sp³-hybridized carbons (Fsp3) is 0.214. The first-order valence-electron chi connectivity index (χ1n) is 11.3. The molecular weight excluding hydrogens is 510 g/mol. The van der Waals surface area contributed by atoms with E-state index in [-0.39, 0.29) is 18.1 Å². The quantitative estimate of drug-likeness (QED) is 0.244. The van der Waals surface area contributed by atoms with Gasteiger partial charge >= 0.3 is 0 Å². The third kappa shape index (κ3) is 4.00. The van der Waals surface area contributed by atoms with E-state index >= 15 is 0 Å². The fourth-order valence-corrected chi connectivity index (χ4v) is 4.71. The zero-order valence-corrected chi connectivity index (χ0v) is 21.1. The topological polar surface area (TPSA) is 76.1 Å². The van der Waals surface area contributed by atoms with Gasteiger partial charge in [0.15, 0.2) is 11.5 Å². The van der Waals surface area contributed by atoms with E-state index in [1.165, 1.54) is 4.90 Å². The minimum absolute atomic E-state index is 0.0479. The molecule has 2 aliphatic rings. The van der Waals surface area contributed by atoms with Crippen LogP contribution in [-0.4, -0.2) is 23.6 Å². The van der Waals surface area contributed by atoms with Gasteiger partial charge in [-0.05, 0) is 53.8 Å². The molecule has 1 amide bonds. The number of fused-ring (bicyclic) bond motifs is 1. The minimum atomic E-state index is -0.805. The smallest absolute Gasteiger partial charge is 0.300 e. The summed E-state index contributed by atoms with van der Waals surface area (Å²) in [6, 6.07) is 17.4. The van der Waals surface area contributed by atoms with Crippen LogP contribution in [0.4, 0.5) is 5.69 Å². The van der Waals surface area contributed by atoms with Gasteiger partial charge < -0.3 is 14.6 Å². The van der Waals surface area contributed by atoms with E-state index in [1.807, 2.05) is 37.3 Å². The normalized spacial score (nSPS) is 18.5. The highest BCUT2D eigenvalue weighted by molar-refractivity contribution is 9.10. The standard InChI is InChI=1S/C28H24BrNO5/c1-15(2)17-4-6-18(7-5-17)25-24(26(31)19-8-10-21(29)16(3)12-19)27(32)28(33)30(25)20-9-11-22-23(13-20)35-14-34-22/h4-13,15,25,31H,14H2,1-3H3/b26-24+. The van der Waals surface area contributed by atoms with Crippen LogP contribution in [0.1, 0.15) is 48.1 Å². The van der Waals surface area contributed by atoms with E-state index in [0.717, 1.165) is 21.2 Å². The maximum atomic E-state index is 13.4. The Morgan fingerprint density at radius 3 is 2.40 bits per heavy atom. The fourth-order valence-electron chi connectivity index (χ4n) is 4.46. The molecule has 1 atom stereocenters. The Kier molecular flexibility index (Phi) is 5.89. The Morgan fingerprint density at radius 1 is 1.00 bits per heavy atom. The van der Waals surface area contributed by atoms with Crippen molar-refractivity contribution in [2.75, 3.05) is 11.7 Å². The molecule has 0 bridgehead atoms. The van der Waals surface area contributed by atoms with Crippen LogP contribution in [0.25, 0.3) is 5.76 Å². The molecule has 1 fully saturated rings. The summed E-state index contributed by atoms with van der Waals surface area (Å²) in [5.41, 5.74) is 3.76. The maximum Gasteiger partial charge on any atom is 0.300 e. The molecule has 3 aromatic carbocycles. The SMILES string of the molecule is Cc1cc(/C(O)=C2\C(=O)C(=O)N(c3ccc4c(c3)OCO4)C2c2ccc(C(C)C)cc2)ccc1Br. The molecule has 1 N–H and O–H groups in total. The van der Waals surface area contributed by atoms with Gasteiger partial charge in [0.1, 0.15) is 5.76 Å². The van der Waals surface area contributed by atoms with Crippen LogP contribution >= 0.6 is 15.9 Å². The predicted molar refractivity (Wildman–Crippen MR) is 137 cm³/mol. The Bertz CT molecular complexity index is 1380. The largest absolute Gasteiger partial charge is 0.507 e. The van der Waals surface area contributed by atoms with Crippen molar-refractivity contribution in [3.05, 3.63) is 93.0 Å². The lowest BCUT2D eigenvalue weighted by molar-refractivity contribution is -0.132. The number of rotatable bonds is 4. The predicted octanol–water partition coefficient (Wildman–Crippen LogP) is 6.24. The van der Waals surface area contributed by atoms with Gasteiger partial charge in [0, 0.05) is 21.8 Å². The summed E-state index contributed by atoms with van der Waals surface area (Å²) in [5.74, 6) is -0.249. The van der Waals surface area contributed by atoms with Crippen molar-refractivity contribution in [2.24, 2.45) is 0 Å². The van der Waals surface area contributed by atoms with Gasteiger partial charge in [0.25, 0.3) is 11.7 Å². The van der Waals surface area contributed by atoms with Crippen LogP contribution in [0, 0.1) is 6.92 Å². The maximum absolute atomic E-state index is 13.4. The molecule has 2 heterocycles. The first-order chi connectivity index (χ1) is 16.8. The number of aryl methyl sites for hydroxylation is 1. The number of nitrogens with zero attached hydrogens (tertiary/aromatic N) is 1. The molecule has 35 heavy (non-hydrogen) atoms. The second-order valence-electron chi connectivity index (χ2n) is 8.99. The average molecular weight is 534 g/mol. The van der Waals surface area contributed by atoms with Crippen LogP contribution in [0.2, 0.25) is 0 Å².